The predicted octanol–water partition coefficient (Wildman–Crippen LogP) is 3.23. The van der Waals surface area contributed by atoms with Gasteiger partial charge in [-0.1, -0.05) is 23.7 Å². The molecule has 3 aromatic rings. The SMILES string of the molecule is Cc1cn2ccc(C(=O)NCc3ccc(Cl)cc3)cc2n1. The molecule has 3 rings (SSSR count). The Hall–Kier alpha value is -2.33. The third kappa shape index (κ3) is 3.06. The summed E-state index contributed by atoms with van der Waals surface area (Å²) in [4.78, 5) is 16.5. The highest BCUT2D eigenvalue weighted by Crippen LogP contribution is 2.10. The van der Waals surface area contributed by atoms with Crippen LogP contribution in [-0.2, 0) is 6.54 Å². The van der Waals surface area contributed by atoms with E-state index in [1.807, 2.05) is 48.0 Å². The van der Waals surface area contributed by atoms with Crippen LogP contribution in [0.4, 0.5) is 0 Å². The summed E-state index contributed by atoms with van der Waals surface area (Å²) >= 11 is 5.83. The maximum Gasteiger partial charge on any atom is 0.251 e. The average Bonchev–Trinajstić information content (AvgIpc) is 2.85. The molecule has 2 heterocycles. The van der Waals surface area contributed by atoms with E-state index < -0.39 is 0 Å². The number of halogens is 1. The van der Waals surface area contributed by atoms with Crippen molar-refractivity contribution in [1.82, 2.24) is 14.7 Å². The van der Waals surface area contributed by atoms with Gasteiger partial charge in [-0.05, 0) is 36.8 Å². The lowest BCUT2D eigenvalue weighted by Gasteiger charge is -2.06. The van der Waals surface area contributed by atoms with Gasteiger partial charge < -0.3 is 9.72 Å². The fourth-order valence-corrected chi connectivity index (χ4v) is 2.26. The zero-order valence-electron chi connectivity index (χ0n) is 11.5. The van der Waals surface area contributed by atoms with Crippen molar-refractivity contribution < 1.29 is 4.79 Å². The van der Waals surface area contributed by atoms with E-state index >= 15 is 0 Å². The second-order valence-electron chi connectivity index (χ2n) is 4.87. The molecule has 0 spiro atoms. The van der Waals surface area contributed by atoms with Crippen molar-refractivity contribution in [2.24, 2.45) is 0 Å². The summed E-state index contributed by atoms with van der Waals surface area (Å²) in [6.07, 6.45) is 3.76. The van der Waals surface area contributed by atoms with Gasteiger partial charge in [0.05, 0.1) is 5.69 Å². The lowest BCUT2D eigenvalue weighted by Crippen LogP contribution is -2.22. The molecule has 1 amide bonds. The summed E-state index contributed by atoms with van der Waals surface area (Å²) in [6, 6.07) is 11.0. The molecular formula is C16H14ClN3O. The Kier molecular flexibility index (Phi) is 3.62. The van der Waals surface area contributed by atoms with E-state index in [-0.39, 0.29) is 5.91 Å². The number of aromatic nitrogens is 2. The Bertz CT molecular complexity index is 793. The molecule has 2 aromatic heterocycles. The fourth-order valence-electron chi connectivity index (χ4n) is 2.14. The highest BCUT2D eigenvalue weighted by Gasteiger charge is 2.07. The minimum atomic E-state index is -0.117. The first kappa shape index (κ1) is 13.6. The average molecular weight is 300 g/mol. The number of hydrogen-bond donors (Lipinski definition) is 1. The molecule has 21 heavy (non-hydrogen) atoms. The van der Waals surface area contributed by atoms with Crippen molar-refractivity contribution in [2.75, 3.05) is 0 Å². The normalized spacial score (nSPS) is 10.8. The Morgan fingerprint density at radius 2 is 2.05 bits per heavy atom. The third-order valence-electron chi connectivity index (χ3n) is 3.21. The fraction of sp³-hybridized carbons (Fsp3) is 0.125. The molecule has 0 radical (unpaired) electrons. The van der Waals surface area contributed by atoms with Gasteiger partial charge in [0.25, 0.3) is 5.91 Å². The van der Waals surface area contributed by atoms with E-state index in [0.29, 0.717) is 17.1 Å². The molecule has 0 atom stereocenters. The molecule has 1 N–H and O–H groups in total. The number of hydrogen-bond acceptors (Lipinski definition) is 2. The van der Waals surface area contributed by atoms with Crippen molar-refractivity contribution in [3.8, 4) is 0 Å². The number of benzene rings is 1. The molecule has 0 saturated carbocycles. The molecular weight excluding hydrogens is 286 g/mol. The molecule has 0 aliphatic rings. The van der Waals surface area contributed by atoms with Gasteiger partial charge in [-0.25, -0.2) is 4.98 Å². The van der Waals surface area contributed by atoms with Crippen LogP contribution >= 0.6 is 11.6 Å². The van der Waals surface area contributed by atoms with Gasteiger partial charge in [0.15, 0.2) is 0 Å². The quantitative estimate of drug-likeness (QED) is 0.807. The van der Waals surface area contributed by atoms with Crippen LogP contribution in [0.1, 0.15) is 21.6 Å². The zero-order chi connectivity index (χ0) is 14.8. The Labute approximate surface area is 127 Å². The molecule has 0 bridgehead atoms. The minimum absolute atomic E-state index is 0.117. The summed E-state index contributed by atoms with van der Waals surface area (Å²) in [7, 11) is 0. The summed E-state index contributed by atoms with van der Waals surface area (Å²) in [5, 5.41) is 3.57. The Morgan fingerprint density at radius 1 is 1.29 bits per heavy atom. The van der Waals surface area contributed by atoms with Crippen molar-refractivity contribution in [1.29, 1.82) is 0 Å². The number of amides is 1. The summed E-state index contributed by atoms with van der Waals surface area (Å²) < 4.78 is 1.89. The van der Waals surface area contributed by atoms with Crippen molar-refractivity contribution >= 4 is 23.2 Å². The first-order valence-electron chi connectivity index (χ1n) is 6.60. The lowest BCUT2D eigenvalue weighted by molar-refractivity contribution is 0.0951. The van der Waals surface area contributed by atoms with Crippen LogP contribution in [0.3, 0.4) is 0 Å². The topological polar surface area (TPSA) is 46.4 Å². The van der Waals surface area contributed by atoms with Crippen LogP contribution in [0.15, 0.2) is 48.8 Å². The number of aryl methyl sites for hydroxylation is 1. The number of rotatable bonds is 3. The van der Waals surface area contributed by atoms with Crippen LogP contribution in [0, 0.1) is 6.92 Å². The standard InChI is InChI=1S/C16H14ClN3O/c1-11-10-20-7-6-13(8-15(20)19-11)16(21)18-9-12-2-4-14(17)5-3-12/h2-8,10H,9H2,1H3,(H,18,21). The van der Waals surface area contributed by atoms with E-state index in [9.17, 15) is 4.79 Å². The molecule has 106 valence electrons. The Morgan fingerprint density at radius 3 is 2.81 bits per heavy atom. The highest BCUT2D eigenvalue weighted by atomic mass is 35.5. The maximum absolute atomic E-state index is 12.2. The molecule has 4 nitrogen and oxygen atoms in total. The summed E-state index contributed by atoms with van der Waals surface area (Å²) in [5.41, 5.74) is 3.30. The largest absolute Gasteiger partial charge is 0.348 e. The van der Waals surface area contributed by atoms with Gasteiger partial charge in [0.2, 0.25) is 0 Å². The second-order valence-corrected chi connectivity index (χ2v) is 5.31. The maximum atomic E-state index is 12.2. The molecule has 0 aliphatic carbocycles. The summed E-state index contributed by atoms with van der Waals surface area (Å²) in [6.45, 7) is 2.39. The van der Waals surface area contributed by atoms with Crippen LogP contribution in [0.2, 0.25) is 5.02 Å². The van der Waals surface area contributed by atoms with Crippen molar-refractivity contribution in [3.05, 3.63) is 70.6 Å². The number of pyridine rings is 1. The van der Waals surface area contributed by atoms with Gasteiger partial charge >= 0.3 is 0 Å². The van der Waals surface area contributed by atoms with Gasteiger partial charge in [0, 0.05) is 29.5 Å². The number of carbonyl (C=O) groups excluding carboxylic acids is 1. The predicted molar refractivity (Wildman–Crippen MR) is 82.6 cm³/mol. The Balaban J connectivity index is 1.72. The van der Waals surface area contributed by atoms with Gasteiger partial charge in [-0.15, -0.1) is 0 Å². The molecule has 0 saturated heterocycles. The van der Waals surface area contributed by atoms with E-state index in [1.165, 1.54) is 0 Å². The monoisotopic (exact) mass is 299 g/mol. The number of nitrogens with one attached hydrogen (secondary N) is 1. The van der Waals surface area contributed by atoms with Crippen LogP contribution in [0.5, 0.6) is 0 Å². The van der Waals surface area contributed by atoms with Crippen molar-refractivity contribution in [3.63, 3.8) is 0 Å². The molecule has 0 fully saturated rings. The number of nitrogens with zero attached hydrogens (tertiary/aromatic N) is 2. The second kappa shape index (κ2) is 5.58. The number of fused-ring (bicyclic) bond motifs is 1. The van der Waals surface area contributed by atoms with E-state index in [0.717, 1.165) is 16.9 Å². The van der Waals surface area contributed by atoms with E-state index in [4.69, 9.17) is 11.6 Å². The van der Waals surface area contributed by atoms with Gasteiger partial charge in [-0.2, -0.15) is 0 Å². The number of imidazole rings is 1. The molecule has 0 aliphatic heterocycles. The van der Waals surface area contributed by atoms with Crippen LogP contribution in [-0.4, -0.2) is 15.3 Å². The molecule has 1 aromatic carbocycles. The van der Waals surface area contributed by atoms with Crippen LogP contribution in [0.25, 0.3) is 5.65 Å². The van der Waals surface area contributed by atoms with E-state index in [2.05, 4.69) is 10.3 Å². The first-order chi connectivity index (χ1) is 10.1. The van der Waals surface area contributed by atoms with Crippen molar-refractivity contribution in [2.45, 2.75) is 13.5 Å². The first-order valence-corrected chi connectivity index (χ1v) is 6.97. The zero-order valence-corrected chi connectivity index (χ0v) is 12.3. The molecule has 5 heteroatoms. The number of carbonyl (C=O) groups is 1. The third-order valence-corrected chi connectivity index (χ3v) is 3.46. The smallest absolute Gasteiger partial charge is 0.251 e. The van der Waals surface area contributed by atoms with E-state index in [1.54, 1.807) is 12.1 Å². The molecule has 0 unspecified atom stereocenters. The summed E-state index contributed by atoms with van der Waals surface area (Å²) in [5.74, 6) is -0.117. The van der Waals surface area contributed by atoms with Gasteiger partial charge in [0.1, 0.15) is 5.65 Å². The minimum Gasteiger partial charge on any atom is -0.348 e. The highest BCUT2D eigenvalue weighted by molar-refractivity contribution is 6.30. The van der Waals surface area contributed by atoms with Gasteiger partial charge in [-0.3, -0.25) is 4.79 Å². The van der Waals surface area contributed by atoms with Crippen LogP contribution < -0.4 is 5.32 Å². The lowest BCUT2D eigenvalue weighted by atomic mass is 10.2.